The van der Waals surface area contributed by atoms with Gasteiger partial charge in [-0.3, -0.25) is 19.4 Å². The average Bonchev–Trinajstić information content (AvgIpc) is 3.02. The minimum absolute atomic E-state index is 0.147. The zero-order valence-corrected chi connectivity index (χ0v) is 20.2. The van der Waals surface area contributed by atoms with E-state index in [1.54, 1.807) is 23.4 Å². The van der Waals surface area contributed by atoms with Crippen molar-refractivity contribution in [2.75, 3.05) is 13.1 Å². The summed E-state index contributed by atoms with van der Waals surface area (Å²) in [5, 5.41) is 12.4. The molecule has 2 N–H and O–H groups in total. The predicted molar refractivity (Wildman–Crippen MR) is 136 cm³/mol. The lowest BCUT2D eigenvalue weighted by atomic mass is 9.93. The normalized spacial score (nSPS) is 15.2. The number of aryl methyl sites for hydroxylation is 1. The van der Waals surface area contributed by atoms with E-state index >= 15 is 0 Å². The molecule has 2 heterocycles. The van der Waals surface area contributed by atoms with Crippen LogP contribution in [0.4, 0.5) is 0 Å². The van der Waals surface area contributed by atoms with E-state index in [1.807, 2.05) is 54.6 Å². The molecule has 7 nitrogen and oxygen atoms in total. The lowest BCUT2D eigenvalue weighted by molar-refractivity contribution is -0.144. The maximum atomic E-state index is 13.3. The van der Waals surface area contributed by atoms with Crippen LogP contribution in [0.3, 0.4) is 0 Å². The molecule has 2 aromatic carbocycles. The molecule has 1 aromatic heterocycles. The van der Waals surface area contributed by atoms with Gasteiger partial charge >= 0.3 is 5.97 Å². The van der Waals surface area contributed by atoms with Gasteiger partial charge in [-0.1, -0.05) is 36.4 Å². The Kier molecular flexibility index (Phi) is 8.44. The van der Waals surface area contributed by atoms with E-state index in [0.717, 1.165) is 29.5 Å². The molecular formula is C29H31N3O4. The zero-order chi connectivity index (χ0) is 25.3. The van der Waals surface area contributed by atoms with E-state index in [4.69, 9.17) is 0 Å². The third kappa shape index (κ3) is 6.78. The Morgan fingerprint density at radius 1 is 0.972 bits per heavy atom. The van der Waals surface area contributed by atoms with Crippen molar-refractivity contribution in [3.05, 3.63) is 101 Å². The van der Waals surface area contributed by atoms with Gasteiger partial charge in [-0.05, 0) is 72.2 Å². The van der Waals surface area contributed by atoms with Crippen LogP contribution in [0.25, 0.3) is 0 Å². The second-order valence-corrected chi connectivity index (χ2v) is 9.19. The highest BCUT2D eigenvalue weighted by molar-refractivity contribution is 5.94. The van der Waals surface area contributed by atoms with Crippen LogP contribution < -0.4 is 5.32 Å². The number of benzene rings is 2. The summed E-state index contributed by atoms with van der Waals surface area (Å²) in [5.41, 5.74) is 4.65. The fourth-order valence-corrected chi connectivity index (χ4v) is 4.62. The van der Waals surface area contributed by atoms with Crippen LogP contribution in [-0.2, 0) is 35.4 Å². The Morgan fingerprint density at radius 2 is 1.72 bits per heavy atom. The van der Waals surface area contributed by atoms with Crippen molar-refractivity contribution in [2.45, 2.75) is 38.6 Å². The second-order valence-electron chi connectivity index (χ2n) is 9.19. The first-order valence-corrected chi connectivity index (χ1v) is 12.3. The number of nitrogens with one attached hydrogen (secondary N) is 1. The number of nitrogens with zero attached hydrogens (tertiary/aromatic N) is 2. The summed E-state index contributed by atoms with van der Waals surface area (Å²) in [6.45, 7) is 1.47. The molecule has 0 fully saturated rings. The number of amides is 2. The van der Waals surface area contributed by atoms with Crippen molar-refractivity contribution in [1.82, 2.24) is 15.2 Å². The van der Waals surface area contributed by atoms with Gasteiger partial charge in [0, 0.05) is 37.6 Å². The molecule has 0 aliphatic carbocycles. The molecule has 0 bridgehead atoms. The lowest BCUT2D eigenvalue weighted by Gasteiger charge is -2.24. The first-order chi connectivity index (χ1) is 17.5. The summed E-state index contributed by atoms with van der Waals surface area (Å²) >= 11 is 0. The third-order valence-corrected chi connectivity index (χ3v) is 6.57. The summed E-state index contributed by atoms with van der Waals surface area (Å²) in [6, 6.07) is 19.4. The number of aromatic nitrogens is 1. The van der Waals surface area contributed by atoms with Crippen LogP contribution in [0.2, 0.25) is 0 Å². The predicted octanol–water partition coefficient (Wildman–Crippen LogP) is 3.66. The standard InChI is InChI=1S/C29H31N3O4/c33-27(34)19-26-18-25-17-23(28(35)31-13-4-7-22-10-14-30-15-11-22)8-9-24(25)20-32(29(26)36)16-12-21-5-2-1-3-6-21/h1-3,5-6,8-11,14-15,17,26H,4,7,12-13,16,18-20H2,(H,31,35)(H,33,34). The molecule has 1 aliphatic rings. The molecule has 1 aliphatic heterocycles. The van der Waals surface area contributed by atoms with Crippen LogP contribution in [-0.4, -0.2) is 45.9 Å². The topological polar surface area (TPSA) is 99.6 Å². The van der Waals surface area contributed by atoms with Gasteiger partial charge in [0.1, 0.15) is 0 Å². The van der Waals surface area contributed by atoms with Crippen molar-refractivity contribution in [3.63, 3.8) is 0 Å². The third-order valence-electron chi connectivity index (χ3n) is 6.57. The molecule has 0 spiro atoms. The van der Waals surface area contributed by atoms with Gasteiger partial charge in [0.2, 0.25) is 5.91 Å². The summed E-state index contributed by atoms with van der Waals surface area (Å²) < 4.78 is 0. The van der Waals surface area contributed by atoms with Gasteiger partial charge in [-0.15, -0.1) is 0 Å². The molecule has 2 amide bonds. The number of aliphatic carboxylic acids is 1. The highest BCUT2D eigenvalue weighted by atomic mass is 16.4. The Morgan fingerprint density at radius 3 is 2.47 bits per heavy atom. The van der Waals surface area contributed by atoms with Gasteiger partial charge < -0.3 is 15.3 Å². The Balaban J connectivity index is 1.43. The SMILES string of the molecule is O=C(O)CC1Cc2cc(C(=O)NCCCc3ccncc3)ccc2CN(CCc2ccccc2)C1=O. The Labute approximate surface area is 211 Å². The maximum absolute atomic E-state index is 13.3. The van der Waals surface area contributed by atoms with E-state index < -0.39 is 11.9 Å². The van der Waals surface area contributed by atoms with Crippen molar-refractivity contribution in [2.24, 2.45) is 5.92 Å². The number of rotatable bonds is 10. The molecule has 1 atom stereocenters. The first kappa shape index (κ1) is 25.1. The number of hydrogen-bond acceptors (Lipinski definition) is 4. The van der Waals surface area contributed by atoms with Crippen molar-refractivity contribution < 1.29 is 19.5 Å². The molecule has 3 aromatic rings. The van der Waals surface area contributed by atoms with Crippen LogP contribution >= 0.6 is 0 Å². The maximum Gasteiger partial charge on any atom is 0.304 e. The molecule has 0 radical (unpaired) electrons. The Bertz CT molecular complexity index is 1200. The van der Waals surface area contributed by atoms with E-state index in [0.29, 0.717) is 38.0 Å². The number of hydrogen-bond donors (Lipinski definition) is 2. The summed E-state index contributed by atoms with van der Waals surface area (Å²) in [6.07, 6.45) is 5.96. The lowest BCUT2D eigenvalue weighted by Crippen LogP contribution is -2.37. The van der Waals surface area contributed by atoms with Gasteiger partial charge in [0.25, 0.3) is 5.91 Å². The van der Waals surface area contributed by atoms with E-state index in [9.17, 15) is 19.5 Å². The van der Waals surface area contributed by atoms with Crippen LogP contribution in [0, 0.1) is 5.92 Å². The van der Waals surface area contributed by atoms with Gasteiger partial charge in [0.05, 0.1) is 12.3 Å². The summed E-state index contributed by atoms with van der Waals surface area (Å²) in [4.78, 5) is 43.3. The number of fused-ring (bicyclic) bond motifs is 1. The van der Waals surface area contributed by atoms with Crippen molar-refractivity contribution >= 4 is 17.8 Å². The van der Waals surface area contributed by atoms with Crippen molar-refractivity contribution in [1.29, 1.82) is 0 Å². The highest BCUT2D eigenvalue weighted by Crippen LogP contribution is 2.26. The molecule has 4 rings (SSSR count). The minimum atomic E-state index is -0.997. The van der Waals surface area contributed by atoms with Gasteiger partial charge in [-0.25, -0.2) is 0 Å². The van der Waals surface area contributed by atoms with Crippen LogP contribution in [0.1, 0.15) is 45.5 Å². The Hall–Kier alpha value is -4.00. The van der Waals surface area contributed by atoms with E-state index in [-0.39, 0.29) is 18.2 Å². The van der Waals surface area contributed by atoms with Crippen LogP contribution in [0.5, 0.6) is 0 Å². The number of carbonyl (C=O) groups excluding carboxylic acids is 2. The number of pyridine rings is 1. The molecule has 0 saturated heterocycles. The molecule has 7 heteroatoms. The van der Waals surface area contributed by atoms with E-state index in [2.05, 4.69) is 10.3 Å². The van der Waals surface area contributed by atoms with E-state index in [1.165, 1.54) is 5.56 Å². The van der Waals surface area contributed by atoms with Crippen molar-refractivity contribution in [3.8, 4) is 0 Å². The average molecular weight is 486 g/mol. The molecule has 186 valence electrons. The first-order valence-electron chi connectivity index (χ1n) is 12.3. The quantitative estimate of drug-likeness (QED) is 0.427. The monoisotopic (exact) mass is 485 g/mol. The molecule has 1 unspecified atom stereocenters. The zero-order valence-electron chi connectivity index (χ0n) is 20.2. The summed E-state index contributed by atoms with van der Waals surface area (Å²) in [5.74, 6) is -1.97. The fourth-order valence-electron chi connectivity index (χ4n) is 4.62. The second kappa shape index (κ2) is 12.1. The molecule has 0 saturated carbocycles. The van der Waals surface area contributed by atoms with Crippen LogP contribution in [0.15, 0.2) is 73.1 Å². The number of carboxylic acid groups (broad SMARTS) is 1. The number of carbonyl (C=O) groups is 3. The smallest absolute Gasteiger partial charge is 0.304 e. The summed E-state index contributed by atoms with van der Waals surface area (Å²) in [7, 11) is 0. The molecular weight excluding hydrogens is 454 g/mol. The molecule has 36 heavy (non-hydrogen) atoms. The fraction of sp³-hybridized carbons (Fsp3) is 0.310. The minimum Gasteiger partial charge on any atom is -0.481 e. The highest BCUT2D eigenvalue weighted by Gasteiger charge is 2.31. The largest absolute Gasteiger partial charge is 0.481 e. The van der Waals surface area contributed by atoms with Gasteiger partial charge in [-0.2, -0.15) is 0 Å². The van der Waals surface area contributed by atoms with Gasteiger partial charge in [0.15, 0.2) is 0 Å². The number of carboxylic acids is 1.